The molecule has 1 aliphatic carbocycles. The van der Waals surface area contributed by atoms with Crippen molar-refractivity contribution in [2.24, 2.45) is 5.92 Å². The van der Waals surface area contributed by atoms with Gasteiger partial charge in [0.1, 0.15) is 11.4 Å². The van der Waals surface area contributed by atoms with Gasteiger partial charge in [0.25, 0.3) is 0 Å². The lowest BCUT2D eigenvalue weighted by atomic mass is 9.78. The molecule has 3 rings (SSSR count). The summed E-state index contributed by atoms with van der Waals surface area (Å²) in [5.41, 5.74) is 1.89. The van der Waals surface area contributed by atoms with Gasteiger partial charge < -0.3 is 14.8 Å². The highest BCUT2D eigenvalue weighted by Crippen LogP contribution is 2.42. The number of hydrogen-bond acceptors (Lipinski definition) is 5. The van der Waals surface area contributed by atoms with E-state index in [0.717, 1.165) is 48.8 Å². The van der Waals surface area contributed by atoms with Crippen molar-refractivity contribution < 1.29 is 9.47 Å². The summed E-state index contributed by atoms with van der Waals surface area (Å²) >= 11 is 0. The smallest absolute Gasteiger partial charge is 0.162 e. The Hall–Kier alpha value is -1.20. The Morgan fingerprint density at radius 3 is 2.95 bits per heavy atom. The Balaban J connectivity index is 2.04. The van der Waals surface area contributed by atoms with Gasteiger partial charge in [0, 0.05) is 26.1 Å². The number of rotatable bonds is 3. The highest BCUT2D eigenvalue weighted by molar-refractivity contribution is 5.47. The van der Waals surface area contributed by atoms with Crippen molar-refractivity contribution in [2.45, 2.75) is 51.2 Å². The van der Waals surface area contributed by atoms with Gasteiger partial charge in [0.15, 0.2) is 5.82 Å². The second kappa shape index (κ2) is 5.89. The first-order valence-corrected chi connectivity index (χ1v) is 7.89. The lowest BCUT2D eigenvalue weighted by Gasteiger charge is -2.38. The summed E-state index contributed by atoms with van der Waals surface area (Å²) in [4.78, 5) is 9.65. The molecule has 0 saturated heterocycles. The fourth-order valence-corrected chi connectivity index (χ4v) is 3.63. The number of methoxy groups -OCH3 is 1. The molecule has 0 radical (unpaired) electrons. The number of nitrogens with zero attached hydrogens (tertiary/aromatic N) is 2. The molecule has 0 bridgehead atoms. The van der Waals surface area contributed by atoms with E-state index >= 15 is 0 Å². The van der Waals surface area contributed by atoms with Gasteiger partial charge >= 0.3 is 0 Å². The molecule has 21 heavy (non-hydrogen) atoms. The zero-order valence-corrected chi connectivity index (χ0v) is 13.2. The molecule has 0 spiro atoms. The minimum absolute atomic E-state index is 0.323. The van der Waals surface area contributed by atoms with E-state index in [4.69, 9.17) is 19.4 Å². The van der Waals surface area contributed by atoms with Gasteiger partial charge in [-0.1, -0.05) is 13.3 Å². The van der Waals surface area contributed by atoms with Crippen LogP contribution >= 0.6 is 0 Å². The van der Waals surface area contributed by atoms with Gasteiger partial charge in [-0.2, -0.15) is 0 Å². The van der Waals surface area contributed by atoms with Crippen molar-refractivity contribution in [3.63, 3.8) is 0 Å². The normalized spacial score (nSPS) is 29.0. The fraction of sp³-hybridized carbons (Fsp3) is 0.750. The molecule has 1 aromatic rings. The largest absolute Gasteiger partial charge is 0.376 e. The average Bonchev–Trinajstić information content (AvgIpc) is 2.53. The summed E-state index contributed by atoms with van der Waals surface area (Å²) in [6, 6.07) is 0. The summed E-state index contributed by atoms with van der Waals surface area (Å²) in [6.45, 7) is 3.63. The number of anilines is 1. The zero-order chi connectivity index (χ0) is 14.9. The third-order valence-corrected chi connectivity index (χ3v) is 4.81. The molecular weight excluding hydrogens is 266 g/mol. The predicted molar refractivity (Wildman–Crippen MR) is 81.3 cm³/mol. The van der Waals surface area contributed by atoms with E-state index in [1.165, 1.54) is 12.8 Å². The van der Waals surface area contributed by atoms with Crippen molar-refractivity contribution in [1.29, 1.82) is 0 Å². The van der Waals surface area contributed by atoms with Gasteiger partial charge in [-0.3, -0.25) is 0 Å². The van der Waals surface area contributed by atoms with Crippen molar-refractivity contribution in [1.82, 2.24) is 9.97 Å². The number of fused-ring (bicyclic) bond motifs is 1. The summed E-state index contributed by atoms with van der Waals surface area (Å²) in [7, 11) is 3.70. The predicted octanol–water partition coefficient (Wildman–Crippen LogP) is 2.64. The van der Waals surface area contributed by atoms with Crippen LogP contribution in [0.4, 0.5) is 5.82 Å². The fourth-order valence-electron chi connectivity index (χ4n) is 3.63. The SMILES string of the molecule is CNc1nc(C2(OC)CCCC(C)C2)nc2c1COCC2. The maximum atomic E-state index is 5.94. The molecule has 2 aliphatic rings. The molecule has 1 N–H and O–H groups in total. The Morgan fingerprint density at radius 1 is 1.38 bits per heavy atom. The quantitative estimate of drug-likeness (QED) is 0.928. The van der Waals surface area contributed by atoms with Crippen molar-refractivity contribution in [3.05, 3.63) is 17.1 Å². The maximum Gasteiger partial charge on any atom is 0.162 e. The van der Waals surface area contributed by atoms with Crippen LogP contribution in [0.3, 0.4) is 0 Å². The molecule has 0 amide bonds. The molecule has 0 aromatic carbocycles. The first-order valence-electron chi connectivity index (χ1n) is 7.89. The second-order valence-electron chi connectivity index (χ2n) is 6.27. The van der Waals surface area contributed by atoms with Crippen LogP contribution in [0.2, 0.25) is 0 Å². The molecule has 5 heteroatoms. The van der Waals surface area contributed by atoms with Crippen LogP contribution in [-0.2, 0) is 28.1 Å². The van der Waals surface area contributed by atoms with E-state index in [9.17, 15) is 0 Å². The Kier molecular flexibility index (Phi) is 4.13. The molecular formula is C16H25N3O2. The Bertz CT molecular complexity index is 503. The topological polar surface area (TPSA) is 56.3 Å². The first kappa shape index (κ1) is 14.7. The van der Waals surface area contributed by atoms with Crippen molar-refractivity contribution in [2.75, 3.05) is 26.1 Å². The minimum atomic E-state index is -0.323. The first-order chi connectivity index (χ1) is 10.2. The highest BCUT2D eigenvalue weighted by Gasteiger charge is 2.40. The van der Waals surface area contributed by atoms with Crippen LogP contribution < -0.4 is 5.32 Å². The Morgan fingerprint density at radius 2 is 2.24 bits per heavy atom. The molecule has 2 atom stereocenters. The third kappa shape index (κ3) is 2.64. The molecule has 2 unspecified atom stereocenters. The molecule has 2 heterocycles. The monoisotopic (exact) mass is 291 g/mol. The lowest BCUT2D eigenvalue weighted by Crippen LogP contribution is -2.37. The molecule has 1 aliphatic heterocycles. The summed E-state index contributed by atoms with van der Waals surface area (Å²) in [5, 5.41) is 3.20. The van der Waals surface area contributed by atoms with Crippen LogP contribution in [0.5, 0.6) is 0 Å². The summed E-state index contributed by atoms with van der Waals surface area (Å²) in [6.07, 6.45) is 5.30. The van der Waals surface area contributed by atoms with E-state index in [0.29, 0.717) is 12.5 Å². The van der Waals surface area contributed by atoms with Crippen molar-refractivity contribution in [3.8, 4) is 0 Å². The second-order valence-corrected chi connectivity index (χ2v) is 6.27. The van der Waals surface area contributed by atoms with Crippen LogP contribution in [0, 0.1) is 5.92 Å². The van der Waals surface area contributed by atoms with Gasteiger partial charge in [0.2, 0.25) is 0 Å². The molecule has 1 fully saturated rings. The highest BCUT2D eigenvalue weighted by atomic mass is 16.5. The number of aromatic nitrogens is 2. The van der Waals surface area contributed by atoms with E-state index < -0.39 is 0 Å². The van der Waals surface area contributed by atoms with Crippen LogP contribution in [0.1, 0.15) is 49.7 Å². The van der Waals surface area contributed by atoms with E-state index in [2.05, 4.69) is 12.2 Å². The van der Waals surface area contributed by atoms with Crippen LogP contribution in [0.25, 0.3) is 0 Å². The lowest BCUT2D eigenvalue weighted by molar-refractivity contribution is -0.0648. The third-order valence-electron chi connectivity index (χ3n) is 4.81. The van der Waals surface area contributed by atoms with Gasteiger partial charge in [-0.15, -0.1) is 0 Å². The summed E-state index contributed by atoms with van der Waals surface area (Å²) in [5.74, 6) is 2.39. The van der Waals surface area contributed by atoms with Crippen LogP contribution in [-0.4, -0.2) is 30.7 Å². The van der Waals surface area contributed by atoms with E-state index in [1.807, 2.05) is 7.05 Å². The van der Waals surface area contributed by atoms with Gasteiger partial charge in [-0.05, 0) is 25.2 Å². The average molecular weight is 291 g/mol. The molecule has 5 nitrogen and oxygen atoms in total. The minimum Gasteiger partial charge on any atom is -0.376 e. The standard InChI is InChI=1S/C16H25N3O2/c1-11-5-4-7-16(9-11,20-3)15-18-13-6-8-21-10-12(13)14(17-2)19-15/h11H,4-10H2,1-3H3,(H,17,18,19). The zero-order valence-electron chi connectivity index (χ0n) is 13.2. The van der Waals surface area contributed by atoms with Gasteiger partial charge in [-0.25, -0.2) is 9.97 Å². The number of ether oxygens (including phenoxy) is 2. The Labute approximate surface area is 126 Å². The van der Waals surface area contributed by atoms with E-state index in [-0.39, 0.29) is 5.60 Å². The maximum absolute atomic E-state index is 5.94. The van der Waals surface area contributed by atoms with Crippen LogP contribution in [0.15, 0.2) is 0 Å². The van der Waals surface area contributed by atoms with Crippen molar-refractivity contribution >= 4 is 5.82 Å². The number of hydrogen-bond donors (Lipinski definition) is 1. The van der Waals surface area contributed by atoms with Gasteiger partial charge in [0.05, 0.1) is 18.9 Å². The number of nitrogens with one attached hydrogen (secondary N) is 1. The molecule has 1 saturated carbocycles. The van der Waals surface area contributed by atoms with E-state index in [1.54, 1.807) is 7.11 Å². The summed E-state index contributed by atoms with van der Waals surface area (Å²) < 4.78 is 11.5. The molecule has 1 aromatic heterocycles. The molecule has 116 valence electrons.